The van der Waals surface area contributed by atoms with Gasteiger partial charge < -0.3 is 0 Å². The number of rotatable bonds is 3. The van der Waals surface area contributed by atoms with Crippen LogP contribution in [0, 0.1) is 0 Å². The van der Waals surface area contributed by atoms with Crippen molar-refractivity contribution in [1.82, 2.24) is 0 Å². The quantitative estimate of drug-likeness (QED) is 0.572. The highest BCUT2D eigenvalue weighted by molar-refractivity contribution is 4.67. The normalized spacial score (nSPS) is 10.9. The van der Waals surface area contributed by atoms with Gasteiger partial charge in [0, 0.05) is 6.42 Å². The average molecular weight is 174 g/mol. The maximum atomic E-state index is 11.8. The van der Waals surface area contributed by atoms with Gasteiger partial charge in [0.15, 0.2) is 0 Å². The van der Waals surface area contributed by atoms with E-state index in [1.54, 1.807) is 0 Å². The standard InChI is InChI=1S/C5H8F4.C2H6/c1-2-3-5(8,9)4(6)7;1-2/h4H,2-3H2,1H3;1-2H3. The molecule has 70 valence electrons. The molecule has 0 atom stereocenters. The van der Waals surface area contributed by atoms with E-state index in [1.165, 1.54) is 6.92 Å². The average Bonchev–Trinajstić information content (AvgIpc) is 1.92. The Kier molecular flexibility index (Phi) is 7.79. The van der Waals surface area contributed by atoms with Crippen LogP contribution in [0.3, 0.4) is 0 Å². The van der Waals surface area contributed by atoms with Crippen molar-refractivity contribution in [3.05, 3.63) is 0 Å². The van der Waals surface area contributed by atoms with Gasteiger partial charge in [0.1, 0.15) is 0 Å². The summed E-state index contributed by atoms with van der Waals surface area (Å²) in [6, 6.07) is 0. The van der Waals surface area contributed by atoms with Gasteiger partial charge in [-0.1, -0.05) is 27.2 Å². The summed E-state index contributed by atoms with van der Waals surface area (Å²) in [6.45, 7) is 5.44. The van der Waals surface area contributed by atoms with Crippen LogP contribution in [0.15, 0.2) is 0 Å². The number of hydrogen-bond donors (Lipinski definition) is 0. The van der Waals surface area contributed by atoms with E-state index in [1.807, 2.05) is 13.8 Å². The molecule has 0 amide bonds. The number of alkyl halides is 4. The van der Waals surface area contributed by atoms with Crippen molar-refractivity contribution in [3.8, 4) is 0 Å². The monoisotopic (exact) mass is 174 g/mol. The van der Waals surface area contributed by atoms with E-state index in [0.717, 1.165) is 0 Å². The van der Waals surface area contributed by atoms with Crippen LogP contribution >= 0.6 is 0 Å². The summed E-state index contributed by atoms with van der Waals surface area (Å²) in [5.41, 5.74) is 0. The first-order valence-corrected chi connectivity index (χ1v) is 3.66. The van der Waals surface area contributed by atoms with Gasteiger partial charge >= 0.3 is 12.3 Å². The van der Waals surface area contributed by atoms with Crippen LogP contribution in [0.4, 0.5) is 17.6 Å². The van der Waals surface area contributed by atoms with Crippen molar-refractivity contribution < 1.29 is 17.6 Å². The third-order valence-electron chi connectivity index (χ3n) is 0.903. The molecule has 0 aliphatic rings. The Balaban J connectivity index is 0. The fourth-order valence-corrected chi connectivity index (χ4v) is 0.442. The lowest BCUT2D eigenvalue weighted by Crippen LogP contribution is -2.25. The van der Waals surface area contributed by atoms with Crippen LogP contribution in [0.25, 0.3) is 0 Å². The molecule has 0 unspecified atom stereocenters. The lowest BCUT2D eigenvalue weighted by atomic mass is 10.2. The lowest BCUT2D eigenvalue weighted by Gasteiger charge is -2.12. The molecule has 0 spiro atoms. The zero-order chi connectivity index (χ0) is 9.49. The molecule has 0 aromatic rings. The van der Waals surface area contributed by atoms with E-state index in [9.17, 15) is 17.6 Å². The number of hydrogen-bond acceptors (Lipinski definition) is 0. The van der Waals surface area contributed by atoms with Gasteiger partial charge in [0.2, 0.25) is 0 Å². The molecule has 0 bridgehead atoms. The smallest absolute Gasteiger partial charge is 0.204 e. The van der Waals surface area contributed by atoms with Crippen LogP contribution in [0.1, 0.15) is 33.6 Å². The number of halogens is 4. The van der Waals surface area contributed by atoms with Crippen molar-refractivity contribution >= 4 is 0 Å². The highest BCUT2D eigenvalue weighted by atomic mass is 19.3. The predicted molar refractivity (Wildman–Crippen MR) is 37.2 cm³/mol. The van der Waals surface area contributed by atoms with Gasteiger partial charge in [0.25, 0.3) is 0 Å². The van der Waals surface area contributed by atoms with Gasteiger partial charge in [-0.25, -0.2) is 17.6 Å². The van der Waals surface area contributed by atoms with E-state index in [-0.39, 0.29) is 6.42 Å². The zero-order valence-electron chi connectivity index (χ0n) is 7.00. The third kappa shape index (κ3) is 6.13. The molecule has 0 aliphatic heterocycles. The molecule has 0 aromatic carbocycles. The van der Waals surface area contributed by atoms with E-state index in [0.29, 0.717) is 0 Å². The van der Waals surface area contributed by atoms with E-state index in [2.05, 4.69) is 0 Å². The van der Waals surface area contributed by atoms with Crippen LogP contribution in [0.5, 0.6) is 0 Å². The van der Waals surface area contributed by atoms with Crippen molar-refractivity contribution in [1.29, 1.82) is 0 Å². The summed E-state index contributed by atoms with van der Waals surface area (Å²) in [4.78, 5) is 0. The first-order chi connectivity index (χ1) is 5.00. The second-order valence-corrected chi connectivity index (χ2v) is 1.81. The lowest BCUT2D eigenvalue weighted by molar-refractivity contribution is -0.132. The van der Waals surface area contributed by atoms with Crippen LogP contribution in [-0.2, 0) is 0 Å². The summed E-state index contributed by atoms with van der Waals surface area (Å²) in [6.07, 6.45) is -4.17. The summed E-state index contributed by atoms with van der Waals surface area (Å²) in [5.74, 6) is -3.78. The van der Waals surface area contributed by atoms with Crippen molar-refractivity contribution in [2.45, 2.75) is 46.0 Å². The van der Waals surface area contributed by atoms with Crippen LogP contribution in [-0.4, -0.2) is 12.3 Å². The van der Waals surface area contributed by atoms with Gasteiger partial charge in [0.05, 0.1) is 0 Å². The van der Waals surface area contributed by atoms with Crippen LogP contribution < -0.4 is 0 Å². The van der Waals surface area contributed by atoms with Crippen LogP contribution in [0.2, 0.25) is 0 Å². The summed E-state index contributed by atoms with van der Waals surface area (Å²) < 4.78 is 46.1. The fourth-order valence-electron chi connectivity index (χ4n) is 0.442. The maximum absolute atomic E-state index is 11.8. The first kappa shape index (κ1) is 13.3. The van der Waals surface area contributed by atoms with Gasteiger partial charge in [-0.2, -0.15) is 0 Å². The highest BCUT2D eigenvalue weighted by Gasteiger charge is 2.38. The molecular weight excluding hydrogens is 160 g/mol. The first-order valence-electron chi connectivity index (χ1n) is 3.66. The Morgan fingerprint density at radius 2 is 1.55 bits per heavy atom. The highest BCUT2D eigenvalue weighted by Crippen LogP contribution is 2.27. The molecule has 0 aliphatic carbocycles. The molecule has 0 saturated carbocycles. The SMILES string of the molecule is CC.CCCC(F)(F)C(F)F. The molecule has 11 heavy (non-hydrogen) atoms. The van der Waals surface area contributed by atoms with E-state index >= 15 is 0 Å². The summed E-state index contributed by atoms with van der Waals surface area (Å²) in [5, 5.41) is 0. The minimum Gasteiger partial charge on any atom is -0.204 e. The largest absolute Gasteiger partial charge is 0.307 e. The molecule has 0 radical (unpaired) electrons. The van der Waals surface area contributed by atoms with Crippen molar-refractivity contribution in [3.63, 3.8) is 0 Å². The van der Waals surface area contributed by atoms with Gasteiger partial charge in [-0.15, -0.1) is 0 Å². The molecule has 0 saturated heterocycles. The fraction of sp³-hybridized carbons (Fsp3) is 1.00. The molecular formula is C7H14F4. The molecule has 0 fully saturated rings. The Bertz CT molecular complexity index is 80.5. The molecule has 0 aromatic heterocycles. The molecule has 0 N–H and O–H groups in total. The second kappa shape index (κ2) is 6.43. The minimum atomic E-state index is -3.78. The van der Waals surface area contributed by atoms with Crippen molar-refractivity contribution in [2.75, 3.05) is 0 Å². The Morgan fingerprint density at radius 1 is 1.18 bits per heavy atom. The predicted octanol–water partition coefficient (Wildman–Crippen LogP) is 3.71. The minimum absolute atomic E-state index is 0.0807. The molecule has 0 rings (SSSR count). The Labute approximate surface area is 64.6 Å². The summed E-state index contributed by atoms with van der Waals surface area (Å²) in [7, 11) is 0. The Morgan fingerprint density at radius 3 is 1.64 bits per heavy atom. The molecule has 0 heterocycles. The molecule has 0 nitrogen and oxygen atoms in total. The summed E-state index contributed by atoms with van der Waals surface area (Å²) >= 11 is 0. The van der Waals surface area contributed by atoms with Gasteiger partial charge in [-0.05, 0) is 0 Å². The maximum Gasteiger partial charge on any atom is 0.307 e. The third-order valence-corrected chi connectivity index (χ3v) is 0.903. The van der Waals surface area contributed by atoms with E-state index < -0.39 is 18.8 Å². The Hall–Kier alpha value is -0.280. The topological polar surface area (TPSA) is 0 Å². The molecule has 4 heteroatoms. The second-order valence-electron chi connectivity index (χ2n) is 1.81. The van der Waals surface area contributed by atoms with Gasteiger partial charge in [-0.3, -0.25) is 0 Å². The van der Waals surface area contributed by atoms with E-state index in [4.69, 9.17) is 0 Å². The zero-order valence-corrected chi connectivity index (χ0v) is 7.00. The van der Waals surface area contributed by atoms with Crippen molar-refractivity contribution in [2.24, 2.45) is 0 Å².